The van der Waals surface area contributed by atoms with Crippen LogP contribution in [0.1, 0.15) is 11.3 Å². The van der Waals surface area contributed by atoms with E-state index in [2.05, 4.69) is 10.3 Å². The highest BCUT2D eigenvalue weighted by atomic mass is 35.5. The minimum atomic E-state index is -4.59. The number of hydrogen-bond donors (Lipinski definition) is 3. The van der Waals surface area contributed by atoms with Crippen LogP contribution in [0.3, 0.4) is 0 Å². The number of alkyl halides is 2. The lowest BCUT2D eigenvalue weighted by Gasteiger charge is -2.25. The SMILES string of the molecule is Cl.O=P(O)(O)c1ccc2c(n1)C(F)(F)CNC2. The van der Waals surface area contributed by atoms with E-state index in [0.29, 0.717) is 0 Å². The molecule has 17 heavy (non-hydrogen) atoms. The van der Waals surface area contributed by atoms with Gasteiger partial charge in [-0.05, 0) is 11.6 Å². The number of nitrogens with one attached hydrogen (secondary N) is 1. The normalized spacial score (nSPS) is 18.1. The maximum atomic E-state index is 13.4. The van der Waals surface area contributed by atoms with E-state index in [1.807, 2.05) is 0 Å². The molecule has 0 fully saturated rings. The predicted molar refractivity (Wildman–Crippen MR) is 58.8 cm³/mol. The van der Waals surface area contributed by atoms with E-state index in [0.717, 1.165) is 6.07 Å². The van der Waals surface area contributed by atoms with Crippen molar-refractivity contribution in [2.75, 3.05) is 6.54 Å². The first-order valence-corrected chi connectivity index (χ1v) is 6.07. The molecule has 1 aromatic heterocycles. The van der Waals surface area contributed by atoms with Gasteiger partial charge in [0.2, 0.25) is 0 Å². The van der Waals surface area contributed by atoms with Crippen LogP contribution in [0, 0.1) is 0 Å². The fourth-order valence-corrected chi connectivity index (χ4v) is 2.04. The molecule has 0 radical (unpaired) electrons. The van der Waals surface area contributed by atoms with Crippen LogP contribution in [0.15, 0.2) is 12.1 Å². The Morgan fingerprint density at radius 1 is 1.41 bits per heavy atom. The Labute approximate surface area is 102 Å². The van der Waals surface area contributed by atoms with Crippen molar-refractivity contribution in [1.29, 1.82) is 0 Å². The second-order valence-electron chi connectivity index (χ2n) is 3.53. The van der Waals surface area contributed by atoms with Crippen molar-refractivity contribution in [3.05, 3.63) is 23.4 Å². The standard InChI is InChI=1S/C8H9F2N2O3P.ClH/c9-8(10)4-11-3-5-1-2-6(12-7(5)8)16(13,14)15;/h1-2,11H,3-4H2,(H2,13,14,15);1H. The number of hydrogen-bond acceptors (Lipinski definition) is 3. The average molecular weight is 287 g/mol. The molecule has 0 saturated carbocycles. The maximum absolute atomic E-state index is 13.4. The molecule has 3 N–H and O–H groups in total. The molecule has 96 valence electrons. The summed E-state index contributed by atoms with van der Waals surface area (Å²) in [6.45, 7) is -0.350. The summed E-state index contributed by atoms with van der Waals surface area (Å²) in [5, 5.41) is 2.51. The van der Waals surface area contributed by atoms with E-state index in [1.165, 1.54) is 6.07 Å². The van der Waals surface area contributed by atoms with Gasteiger partial charge >= 0.3 is 13.5 Å². The van der Waals surface area contributed by atoms with Crippen molar-refractivity contribution in [2.24, 2.45) is 0 Å². The summed E-state index contributed by atoms with van der Waals surface area (Å²) >= 11 is 0. The highest BCUT2D eigenvalue weighted by Gasteiger charge is 2.39. The smallest absolute Gasteiger partial charge is 0.320 e. The molecule has 0 amide bonds. The summed E-state index contributed by atoms with van der Waals surface area (Å²) in [5.41, 5.74) is -0.909. The van der Waals surface area contributed by atoms with Gasteiger partial charge in [-0.15, -0.1) is 12.4 Å². The van der Waals surface area contributed by atoms with Crippen molar-refractivity contribution < 1.29 is 23.1 Å². The Bertz CT molecular complexity index is 480. The number of nitrogens with zero attached hydrogens (tertiary/aromatic N) is 1. The van der Waals surface area contributed by atoms with E-state index >= 15 is 0 Å². The van der Waals surface area contributed by atoms with Gasteiger partial charge in [-0.1, -0.05) is 6.07 Å². The summed E-state index contributed by atoms with van der Waals surface area (Å²) in [7, 11) is -4.59. The molecule has 0 bridgehead atoms. The second-order valence-corrected chi connectivity index (χ2v) is 5.08. The molecular formula is C8H10ClF2N2O3P. The zero-order chi connectivity index (χ0) is 12.0. The molecule has 0 aromatic carbocycles. The molecular weight excluding hydrogens is 277 g/mol. The quantitative estimate of drug-likeness (QED) is 0.655. The fourth-order valence-electron chi connectivity index (χ4n) is 1.54. The summed E-state index contributed by atoms with van der Waals surface area (Å²) in [4.78, 5) is 21.1. The summed E-state index contributed by atoms with van der Waals surface area (Å²) in [6, 6.07) is 2.33. The van der Waals surface area contributed by atoms with E-state index in [1.54, 1.807) is 0 Å². The number of rotatable bonds is 1. The first kappa shape index (κ1) is 14.5. The number of fused-ring (bicyclic) bond motifs is 1. The molecule has 1 aromatic rings. The van der Waals surface area contributed by atoms with Crippen molar-refractivity contribution in [3.8, 4) is 0 Å². The van der Waals surface area contributed by atoms with Crippen LogP contribution in [0.2, 0.25) is 0 Å². The minimum Gasteiger partial charge on any atom is -0.320 e. The molecule has 0 spiro atoms. The molecule has 9 heteroatoms. The van der Waals surface area contributed by atoms with Gasteiger partial charge in [-0.2, -0.15) is 8.78 Å². The van der Waals surface area contributed by atoms with Crippen molar-refractivity contribution in [3.63, 3.8) is 0 Å². The minimum absolute atomic E-state index is 0. The highest BCUT2D eigenvalue weighted by molar-refractivity contribution is 7.60. The van der Waals surface area contributed by atoms with Crippen LogP contribution in [0.5, 0.6) is 0 Å². The second kappa shape index (κ2) is 4.59. The molecule has 0 saturated heterocycles. The molecule has 2 rings (SSSR count). The first-order valence-electron chi connectivity index (χ1n) is 4.46. The van der Waals surface area contributed by atoms with Gasteiger partial charge in [-0.25, -0.2) is 4.98 Å². The van der Waals surface area contributed by atoms with Crippen molar-refractivity contribution in [2.45, 2.75) is 12.5 Å². The molecule has 0 aliphatic carbocycles. The van der Waals surface area contributed by atoms with Crippen LogP contribution in [0.4, 0.5) is 8.78 Å². The zero-order valence-corrected chi connectivity index (χ0v) is 10.1. The number of halogens is 3. The molecule has 1 aliphatic heterocycles. The molecule has 0 unspecified atom stereocenters. The Kier molecular flexibility index (Phi) is 3.91. The molecule has 1 aliphatic rings. The van der Waals surface area contributed by atoms with E-state index in [-0.39, 0.29) is 24.5 Å². The molecule has 2 heterocycles. The van der Waals surface area contributed by atoms with Gasteiger partial charge in [0, 0.05) is 6.54 Å². The van der Waals surface area contributed by atoms with Gasteiger partial charge < -0.3 is 15.1 Å². The van der Waals surface area contributed by atoms with Crippen LogP contribution < -0.4 is 10.8 Å². The van der Waals surface area contributed by atoms with E-state index in [4.69, 9.17) is 9.79 Å². The van der Waals surface area contributed by atoms with Crippen LogP contribution in [0.25, 0.3) is 0 Å². The largest absolute Gasteiger partial charge is 0.374 e. The fraction of sp³-hybridized carbons (Fsp3) is 0.375. The average Bonchev–Trinajstić information content (AvgIpc) is 2.15. The van der Waals surface area contributed by atoms with Gasteiger partial charge in [-0.3, -0.25) is 4.57 Å². The van der Waals surface area contributed by atoms with Gasteiger partial charge in [0.1, 0.15) is 5.69 Å². The zero-order valence-electron chi connectivity index (χ0n) is 8.43. The van der Waals surface area contributed by atoms with Crippen LogP contribution in [-0.4, -0.2) is 21.3 Å². The molecule has 0 atom stereocenters. The third-order valence-electron chi connectivity index (χ3n) is 2.27. The van der Waals surface area contributed by atoms with E-state index in [9.17, 15) is 13.3 Å². The lowest BCUT2D eigenvalue weighted by Crippen LogP contribution is -2.39. The van der Waals surface area contributed by atoms with Gasteiger partial charge in [0.15, 0.2) is 5.44 Å². The monoisotopic (exact) mass is 286 g/mol. The van der Waals surface area contributed by atoms with Crippen LogP contribution in [-0.2, 0) is 17.0 Å². The first-order chi connectivity index (χ1) is 7.31. The Morgan fingerprint density at radius 2 is 2.06 bits per heavy atom. The Balaban J connectivity index is 0.00000144. The van der Waals surface area contributed by atoms with Crippen molar-refractivity contribution in [1.82, 2.24) is 10.3 Å². The maximum Gasteiger partial charge on any atom is 0.374 e. The summed E-state index contributed by atoms with van der Waals surface area (Å²) in [6.07, 6.45) is 0. The van der Waals surface area contributed by atoms with Gasteiger partial charge in [0.25, 0.3) is 0 Å². The lowest BCUT2D eigenvalue weighted by atomic mass is 10.0. The number of pyridine rings is 1. The van der Waals surface area contributed by atoms with E-state index < -0.39 is 31.2 Å². The lowest BCUT2D eigenvalue weighted by molar-refractivity contribution is -0.0152. The predicted octanol–water partition coefficient (Wildman–Crippen LogP) is 0.501. The Hall–Kier alpha value is -0.590. The van der Waals surface area contributed by atoms with Crippen LogP contribution >= 0.6 is 20.0 Å². The third kappa shape index (κ3) is 2.81. The van der Waals surface area contributed by atoms with Gasteiger partial charge in [0.05, 0.1) is 6.54 Å². The molecule has 5 nitrogen and oxygen atoms in total. The summed E-state index contributed by atoms with van der Waals surface area (Å²) in [5.74, 6) is -3.20. The number of aromatic nitrogens is 1. The van der Waals surface area contributed by atoms with Crippen molar-refractivity contribution >= 4 is 25.4 Å². The summed E-state index contributed by atoms with van der Waals surface area (Å²) < 4.78 is 37.7. The topological polar surface area (TPSA) is 82.5 Å². The highest BCUT2D eigenvalue weighted by Crippen LogP contribution is 2.36. The Morgan fingerprint density at radius 3 is 2.65 bits per heavy atom. The third-order valence-corrected chi connectivity index (χ3v) is 3.12.